The van der Waals surface area contributed by atoms with Gasteiger partial charge in [-0.05, 0) is 37.6 Å². The Morgan fingerprint density at radius 3 is 2.71 bits per heavy atom. The van der Waals surface area contributed by atoms with Gasteiger partial charge in [-0.1, -0.05) is 25.1 Å². The average Bonchev–Trinajstić information content (AvgIpc) is 2.60. The molecule has 0 bridgehead atoms. The summed E-state index contributed by atoms with van der Waals surface area (Å²) in [6, 6.07) is 14.9. The maximum absolute atomic E-state index is 12.1. The number of nitrogens with one attached hydrogen (secondary N) is 2. The van der Waals surface area contributed by atoms with Crippen LogP contribution in [0.3, 0.4) is 0 Å². The highest BCUT2D eigenvalue weighted by Gasteiger charge is 2.07. The van der Waals surface area contributed by atoms with Gasteiger partial charge in [0.15, 0.2) is 0 Å². The maximum Gasteiger partial charge on any atom is 0.243 e. The topological polar surface area (TPSA) is 59.6 Å². The van der Waals surface area contributed by atoms with Gasteiger partial charge < -0.3 is 20.1 Å². The van der Waals surface area contributed by atoms with Crippen molar-refractivity contribution in [3.05, 3.63) is 48.5 Å². The molecule has 2 aromatic rings. The van der Waals surface area contributed by atoms with Gasteiger partial charge >= 0.3 is 0 Å². The van der Waals surface area contributed by atoms with Crippen LogP contribution in [-0.2, 0) is 4.79 Å². The van der Waals surface area contributed by atoms with Crippen LogP contribution in [0.25, 0.3) is 0 Å². The van der Waals surface area contributed by atoms with E-state index in [4.69, 9.17) is 9.47 Å². The van der Waals surface area contributed by atoms with Gasteiger partial charge in [0.2, 0.25) is 5.91 Å². The van der Waals surface area contributed by atoms with E-state index >= 15 is 0 Å². The van der Waals surface area contributed by atoms with Crippen LogP contribution in [0.5, 0.6) is 11.5 Å². The molecule has 1 atom stereocenters. The predicted molar refractivity (Wildman–Crippen MR) is 96.9 cm³/mol. The summed E-state index contributed by atoms with van der Waals surface area (Å²) in [4.78, 5) is 12.1. The first-order valence-corrected chi connectivity index (χ1v) is 8.05. The number of hydrogen-bond donors (Lipinski definition) is 2. The number of ether oxygens (including phenoxy) is 2. The van der Waals surface area contributed by atoms with Gasteiger partial charge in [0.05, 0.1) is 25.4 Å². The van der Waals surface area contributed by atoms with Crippen LogP contribution in [0.15, 0.2) is 48.5 Å². The zero-order valence-electron chi connectivity index (χ0n) is 14.3. The third-order valence-electron chi connectivity index (χ3n) is 3.58. The van der Waals surface area contributed by atoms with Crippen LogP contribution in [0.4, 0.5) is 11.4 Å². The van der Waals surface area contributed by atoms with Crippen LogP contribution >= 0.6 is 0 Å². The SMILES string of the molecule is CCC(C)Oc1cccc(NCC(=O)Nc2ccccc2OC)c1. The molecule has 0 saturated carbocycles. The molecule has 2 N–H and O–H groups in total. The van der Waals surface area contributed by atoms with Gasteiger partial charge in [-0.2, -0.15) is 0 Å². The first kappa shape index (κ1) is 17.7. The van der Waals surface area contributed by atoms with Crippen LogP contribution < -0.4 is 20.1 Å². The lowest BCUT2D eigenvalue weighted by atomic mass is 10.2. The fraction of sp³-hybridized carbons (Fsp3) is 0.316. The molecule has 0 aliphatic rings. The summed E-state index contributed by atoms with van der Waals surface area (Å²) in [7, 11) is 1.58. The van der Waals surface area contributed by atoms with Crippen molar-refractivity contribution in [3.63, 3.8) is 0 Å². The van der Waals surface area contributed by atoms with E-state index in [1.807, 2.05) is 43.3 Å². The number of anilines is 2. The van der Waals surface area contributed by atoms with Crippen LogP contribution in [0.1, 0.15) is 20.3 Å². The Morgan fingerprint density at radius 1 is 1.17 bits per heavy atom. The number of rotatable bonds is 8. The van der Waals surface area contributed by atoms with Gasteiger partial charge in [0.1, 0.15) is 11.5 Å². The lowest BCUT2D eigenvalue weighted by Gasteiger charge is -2.14. The van der Waals surface area contributed by atoms with Gasteiger partial charge in [-0.15, -0.1) is 0 Å². The summed E-state index contributed by atoms with van der Waals surface area (Å²) in [6.07, 6.45) is 1.10. The summed E-state index contributed by atoms with van der Waals surface area (Å²) in [5, 5.41) is 5.93. The fourth-order valence-electron chi connectivity index (χ4n) is 2.12. The summed E-state index contributed by atoms with van der Waals surface area (Å²) < 4.78 is 11.0. The Labute approximate surface area is 143 Å². The average molecular weight is 328 g/mol. The quantitative estimate of drug-likeness (QED) is 0.771. The Balaban J connectivity index is 1.91. The van der Waals surface area contributed by atoms with Gasteiger partial charge in [0, 0.05) is 11.8 Å². The second kappa shape index (κ2) is 8.82. The van der Waals surface area contributed by atoms with E-state index in [1.165, 1.54) is 0 Å². The number of hydrogen-bond acceptors (Lipinski definition) is 4. The lowest BCUT2D eigenvalue weighted by molar-refractivity contribution is -0.114. The van der Waals surface area contributed by atoms with Crippen molar-refractivity contribution >= 4 is 17.3 Å². The number of carbonyl (C=O) groups excluding carboxylic acids is 1. The molecule has 1 unspecified atom stereocenters. The zero-order valence-corrected chi connectivity index (χ0v) is 14.3. The number of carbonyl (C=O) groups is 1. The standard InChI is InChI=1S/C19H24N2O3/c1-4-14(2)24-16-9-7-8-15(12-16)20-13-19(22)21-17-10-5-6-11-18(17)23-3/h5-12,14,20H,4,13H2,1-3H3,(H,21,22). The maximum atomic E-state index is 12.1. The van der Waals surface area contributed by atoms with E-state index in [-0.39, 0.29) is 18.6 Å². The molecule has 0 heterocycles. The number of benzene rings is 2. The molecule has 0 spiro atoms. The molecule has 5 nitrogen and oxygen atoms in total. The number of amides is 1. The van der Waals surface area contributed by atoms with Crippen molar-refractivity contribution in [1.29, 1.82) is 0 Å². The highest BCUT2D eigenvalue weighted by atomic mass is 16.5. The van der Waals surface area contributed by atoms with E-state index in [0.29, 0.717) is 11.4 Å². The third kappa shape index (κ3) is 5.19. The van der Waals surface area contributed by atoms with E-state index < -0.39 is 0 Å². The number of methoxy groups -OCH3 is 1. The molecular weight excluding hydrogens is 304 g/mol. The summed E-state index contributed by atoms with van der Waals surface area (Å²) in [6.45, 7) is 4.26. The third-order valence-corrected chi connectivity index (χ3v) is 3.58. The second-order valence-corrected chi connectivity index (χ2v) is 5.47. The van der Waals surface area contributed by atoms with Crippen LogP contribution in [0, 0.1) is 0 Å². The molecule has 128 valence electrons. The monoisotopic (exact) mass is 328 g/mol. The molecule has 2 rings (SSSR count). The largest absolute Gasteiger partial charge is 0.495 e. The molecule has 0 radical (unpaired) electrons. The Hall–Kier alpha value is -2.69. The molecule has 0 aliphatic heterocycles. The first-order valence-electron chi connectivity index (χ1n) is 8.05. The molecule has 0 fully saturated rings. The Bertz CT molecular complexity index is 673. The molecule has 24 heavy (non-hydrogen) atoms. The van der Waals surface area contributed by atoms with E-state index in [2.05, 4.69) is 17.6 Å². The minimum atomic E-state index is -0.146. The van der Waals surface area contributed by atoms with Crippen LogP contribution in [-0.4, -0.2) is 25.7 Å². The highest BCUT2D eigenvalue weighted by molar-refractivity contribution is 5.95. The van der Waals surface area contributed by atoms with Crippen molar-refractivity contribution < 1.29 is 14.3 Å². The van der Waals surface area contributed by atoms with E-state index in [0.717, 1.165) is 17.9 Å². The Morgan fingerprint density at radius 2 is 1.96 bits per heavy atom. The predicted octanol–water partition coefficient (Wildman–Crippen LogP) is 3.92. The van der Waals surface area contributed by atoms with Gasteiger partial charge in [0.25, 0.3) is 0 Å². The van der Waals surface area contributed by atoms with Crippen LogP contribution in [0.2, 0.25) is 0 Å². The summed E-state index contributed by atoms with van der Waals surface area (Å²) in [5.41, 5.74) is 1.49. The molecule has 2 aromatic carbocycles. The highest BCUT2D eigenvalue weighted by Crippen LogP contribution is 2.23. The smallest absolute Gasteiger partial charge is 0.243 e. The van der Waals surface area contributed by atoms with E-state index in [9.17, 15) is 4.79 Å². The zero-order chi connectivity index (χ0) is 17.4. The van der Waals surface area contributed by atoms with Crippen molar-refractivity contribution in [2.45, 2.75) is 26.4 Å². The first-order chi connectivity index (χ1) is 11.6. The van der Waals surface area contributed by atoms with Gasteiger partial charge in [-0.25, -0.2) is 0 Å². The number of para-hydroxylation sites is 2. The molecule has 0 aliphatic carbocycles. The van der Waals surface area contributed by atoms with Gasteiger partial charge in [-0.3, -0.25) is 4.79 Å². The molecule has 0 saturated heterocycles. The van der Waals surface area contributed by atoms with Crippen molar-refractivity contribution in [1.82, 2.24) is 0 Å². The minimum Gasteiger partial charge on any atom is -0.495 e. The van der Waals surface area contributed by atoms with Crippen molar-refractivity contribution in [2.24, 2.45) is 0 Å². The Kier molecular flexibility index (Phi) is 6.49. The normalized spacial score (nSPS) is 11.5. The molecule has 5 heteroatoms. The minimum absolute atomic E-state index is 0.146. The molecule has 0 aromatic heterocycles. The van der Waals surface area contributed by atoms with Crippen molar-refractivity contribution in [2.75, 3.05) is 24.3 Å². The lowest BCUT2D eigenvalue weighted by Crippen LogP contribution is -2.22. The van der Waals surface area contributed by atoms with Crippen molar-refractivity contribution in [3.8, 4) is 11.5 Å². The van der Waals surface area contributed by atoms with E-state index in [1.54, 1.807) is 19.2 Å². The summed E-state index contributed by atoms with van der Waals surface area (Å²) in [5.74, 6) is 1.28. The fourth-order valence-corrected chi connectivity index (χ4v) is 2.12. The molecular formula is C19H24N2O3. The summed E-state index contributed by atoms with van der Waals surface area (Å²) >= 11 is 0. The molecule has 1 amide bonds. The second-order valence-electron chi connectivity index (χ2n) is 5.47.